The van der Waals surface area contributed by atoms with E-state index in [1.807, 2.05) is 0 Å². The zero-order valence-electron chi connectivity index (χ0n) is 8.64. The van der Waals surface area contributed by atoms with Crippen LogP contribution in [0.3, 0.4) is 0 Å². The van der Waals surface area contributed by atoms with E-state index < -0.39 is 5.91 Å². The van der Waals surface area contributed by atoms with E-state index in [9.17, 15) is 9.59 Å². The number of carbonyl (C=O) groups excluding carboxylic acids is 1. The van der Waals surface area contributed by atoms with E-state index >= 15 is 0 Å². The highest BCUT2D eigenvalue weighted by atomic mass is 32.1. The number of nitrogens with one attached hydrogen (secondary N) is 2. The number of nitrogens with zero attached hydrogens (tertiary/aromatic N) is 2. The molecule has 2 rings (SSSR count). The highest BCUT2D eigenvalue weighted by Gasteiger charge is 2.08. The Balaban J connectivity index is 2.00. The quantitative estimate of drug-likeness (QED) is 0.695. The average molecular weight is 251 g/mol. The van der Waals surface area contributed by atoms with E-state index in [0.29, 0.717) is 5.69 Å². The number of hydrogen-bond donors (Lipinski definition) is 3. The van der Waals surface area contributed by atoms with Crippen molar-refractivity contribution < 1.29 is 4.79 Å². The number of carbonyl (C=O) groups is 1. The normalized spacial score (nSPS) is 10.1. The topological polar surface area (TPSA) is 114 Å². The first-order chi connectivity index (χ1) is 8.15. The van der Waals surface area contributed by atoms with Gasteiger partial charge in [0.2, 0.25) is 0 Å². The molecule has 88 valence electrons. The molecule has 0 bridgehead atoms. The Kier molecular flexibility index (Phi) is 3.15. The van der Waals surface area contributed by atoms with Gasteiger partial charge in [-0.3, -0.25) is 14.6 Å². The van der Waals surface area contributed by atoms with Crippen molar-refractivity contribution in [1.29, 1.82) is 0 Å². The SMILES string of the molecule is Nc1cncc(C(=O)NCc2csc(=O)[nH]2)n1. The van der Waals surface area contributed by atoms with Crippen LogP contribution in [0.25, 0.3) is 0 Å². The van der Waals surface area contributed by atoms with E-state index in [1.165, 1.54) is 12.4 Å². The maximum atomic E-state index is 11.6. The molecule has 1 amide bonds. The van der Waals surface area contributed by atoms with Gasteiger partial charge in [0.15, 0.2) is 0 Å². The Labute approximate surface area is 99.7 Å². The summed E-state index contributed by atoms with van der Waals surface area (Å²) in [4.78, 5) is 32.5. The van der Waals surface area contributed by atoms with E-state index in [-0.39, 0.29) is 22.9 Å². The van der Waals surface area contributed by atoms with Crippen molar-refractivity contribution in [3.8, 4) is 0 Å². The molecule has 2 aromatic rings. The van der Waals surface area contributed by atoms with Gasteiger partial charge in [-0.15, -0.1) is 0 Å². The lowest BCUT2D eigenvalue weighted by molar-refractivity contribution is 0.0945. The third-order valence-electron chi connectivity index (χ3n) is 1.90. The molecule has 17 heavy (non-hydrogen) atoms. The van der Waals surface area contributed by atoms with Crippen molar-refractivity contribution >= 4 is 23.1 Å². The number of hydrogen-bond acceptors (Lipinski definition) is 6. The van der Waals surface area contributed by atoms with Crippen LogP contribution in [0.2, 0.25) is 0 Å². The molecule has 0 radical (unpaired) electrons. The number of thiazole rings is 1. The van der Waals surface area contributed by atoms with Crippen LogP contribution in [0, 0.1) is 0 Å². The monoisotopic (exact) mass is 251 g/mol. The molecule has 0 spiro atoms. The largest absolute Gasteiger partial charge is 0.382 e. The molecule has 0 saturated carbocycles. The summed E-state index contributed by atoms with van der Waals surface area (Å²) in [5.41, 5.74) is 6.19. The van der Waals surface area contributed by atoms with E-state index in [4.69, 9.17) is 5.73 Å². The van der Waals surface area contributed by atoms with Crippen LogP contribution in [0.4, 0.5) is 5.82 Å². The molecular weight excluding hydrogens is 242 g/mol. The predicted molar refractivity (Wildman–Crippen MR) is 62.6 cm³/mol. The Hall–Kier alpha value is -2.22. The van der Waals surface area contributed by atoms with Crippen LogP contribution >= 0.6 is 11.3 Å². The third-order valence-corrected chi connectivity index (χ3v) is 2.61. The highest BCUT2D eigenvalue weighted by Crippen LogP contribution is 1.99. The van der Waals surface area contributed by atoms with Crippen LogP contribution < -0.4 is 15.9 Å². The van der Waals surface area contributed by atoms with Crippen molar-refractivity contribution in [2.24, 2.45) is 0 Å². The number of rotatable bonds is 3. The van der Waals surface area contributed by atoms with E-state index in [0.717, 1.165) is 11.3 Å². The molecule has 2 heterocycles. The Morgan fingerprint density at radius 1 is 1.53 bits per heavy atom. The van der Waals surface area contributed by atoms with Gasteiger partial charge in [-0.25, -0.2) is 4.98 Å². The molecule has 0 aliphatic carbocycles. The first-order valence-electron chi connectivity index (χ1n) is 4.67. The van der Waals surface area contributed by atoms with Crippen LogP contribution in [-0.4, -0.2) is 20.9 Å². The summed E-state index contributed by atoms with van der Waals surface area (Å²) in [6, 6.07) is 0. The van der Waals surface area contributed by atoms with Gasteiger partial charge in [-0.2, -0.15) is 0 Å². The van der Waals surface area contributed by atoms with Gasteiger partial charge in [-0.05, 0) is 0 Å². The number of nitrogens with two attached hydrogens (primary N) is 1. The maximum Gasteiger partial charge on any atom is 0.304 e. The number of anilines is 1. The summed E-state index contributed by atoms with van der Waals surface area (Å²) < 4.78 is 0. The lowest BCUT2D eigenvalue weighted by Gasteiger charge is -2.02. The van der Waals surface area contributed by atoms with Crippen LogP contribution in [0.5, 0.6) is 0 Å². The minimum Gasteiger partial charge on any atom is -0.382 e. The van der Waals surface area contributed by atoms with E-state index in [1.54, 1.807) is 5.38 Å². The molecule has 8 heteroatoms. The standard InChI is InChI=1S/C9H9N5O2S/c10-7-3-11-2-6(14-7)8(15)12-1-5-4-17-9(16)13-5/h2-4H,1H2,(H2,10,14)(H,12,15)(H,13,16). The van der Waals surface area contributed by atoms with Gasteiger partial charge in [-0.1, -0.05) is 11.3 Å². The van der Waals surface area contributed by atoms with Crippen LogP contribution in [0.15, 0.2) is 22.6 Å². The second kappa shape index (κ2) is 4.74. The summed E-state index contributed by atoms with van der Waals surface area (Å²) in [6.07, 6.45) is 2.68. The number of aromatic amines is 1. The van der Waals surface area contributed by atoms with E-state index in [2.05, 4.69) is 20.3 Å². The number of nitrogen functional groups attached to an aromatic ring is 1. The van der Waals surface area contributed by atoms with Crippen molar-refractivity contribution in [2.45, 2.75) is 6.54 Å². The van der Waals surface area contributed by atoms with Crippen LogP contribution in [0.1, 0.15) is 16.2 Å². The first-order valence-corrected chi connectivity index (χ1v) is 5.55. The van der Waals surface area contributed by atoms with Crippen molar-refractivity contribution in [3.63, 3.8) is 0 Å². The zero-order chi connectivity index (χ0) is 12.3. The maximum absolute atomic E-state index is 11.6. The second-order valence-electron chi connectivity index (χ2n) is 3.19. The molecule has 7 nitrogen and oxygen atoms in total. The molecule has 0 aromatic carbocycles. The van der Waals surface area contributed by atoms with Gasteiger partial charge in [0.1, 0.15) is 11.5 Å². The Bertz CT molecular complexity index is 591. The van der Waals surface area contributed by atoms with Gasteiger partial charge < -0.3 is 16.0 Å². The molecule has 0 fully saturated rings. The lowest BCUT2D eigenvalue weighted by Crippen LogP contribution is -2.24. The molecule has 0 aliphatic heterocycles. The molecule has 4 N–H and O–H groups in total. The van der Waals surface area contributed by atoms with Crippen molar-refractivity contribution in [3.05, 3.63) is 38.8 Å². The van der Waals surface area contributed by atoms with Gasteiger partial charge >= 0.3 is 4.87 Å². The Morgan fingerprint density at radius 2 is 2.35 bits per heavy atom. The molecule has 0 saturated heterocycles. The van der Waals surface area contributed by atoms with Gasteiger partial charge in [0, 0.05) is 11.1 Å². The van der Waals surface area contributed by atoms with Gasteiger partial charge in [0.25, 0.3) is 5.91 Å². The van der Waals surface area contributed by atoms with Crippen molar-refractivity contribution in [1.82, 2.24) is 20.3 Å². The zero-order valence-corrected chi connectivity index (χ0v) is 9.45. The first kappa shape index (κ1) is 11.3. The summed E-state index contributed by atoms with van der Waals surface area (Å²) >= 11 is 1.04. The number of amides is 1. The highest BCUT2D eigenvalue weighted by molar-refractivity contribution is 7.07. The lowest BCUT2D eigenvalue weighted by atomic mass is 10.4. The summed E-state index contributed by atoms with van der Waals surface area (Å²) in [6.45, 7) is 0.230. The van der Waals surface area contributed by atoms with Crippen molar-refractivity contribution in [2.75, 3.05) is 5.73 Å². The fourth-order valence-corrected chi connectivity index (χ4v) is 1.74. The summed E-state index contributed by atoms with van der Waals surface area (Å²) in [5.74, 6) is -0.210. The van der Waals surface area contributed by atoms with Gasteiger partial charge in [0.05, 0.1) is 18.9 Å². The predicted octanol–water partition coefficient (Wildman–Crippen LogP) is -0.261. The fraction of sp³-hybridized carbons (Fsp3) is 0.111. The molecule has 2 aromatic heterocycles. The summed E-state index contributed by atoms with van der Waals surface area (Å²) in [7, 11) is 0. The minimum absolute atomic E-state index is 0.141. The molecule has 0 atom stereocenters. The average Bonchev–Trinajstić information content (AvgIpc) is 2.72. The summed E-state index contributed by atoms with van der Waals surface area (Å²) in [5, 5.41) is 4.24. The Morgan fingerprint density at radius 3 is 3.00 bits per heavy atom. The third kappa shape index (κ3) is 2.88. The molecule has 0 aliphatic rings. The fourth-order valence-electron chi connectivity index (χ4n) is 1.16. The second-order valence-corrected chi connectivity index (χ2v) is 4.03. The minimum atomic E-state index is -0.392. The molecular formula is C9H9N5O2S. The van der Waals surface area contributed by atoms with Crippen LogP contribution in [-0.2, 0) is 6.54 Å². The molecule has 0 unspecified atom stereocenters. The smallest absolute Gasteiger partial charge is 0.304 e. The number of aromatic nitrogens is 3. The number of H-pyrrole nitrogens is 1.